The van der Waals surface area contributed by atoms with Crippen molar-refractivity contribution in [3.8, 4) is 0 Å². The maximum absolute atomic E-state index is 12.8. The van der Waals surface area contributed by atoms with Gasteiger partial charge < -0.3 is 5.73 Å². The van der Waals surface area contributed by atoms with Crippen molar-refractivity contribution in [2.24, 2.45) is 5.73 Å². The van der Waals surface area contributed by atoms with Crippen molar-refractivity contribution in [3.63, 3.8) is 0 Å². The molecule has 15 heavy (non-hydrogen) atoms. The maximum atomic E-state index is 12.8. The molecular formula is C12H15F2N. The van der Waals surface area contributed by atoms with Gasteiger partial charge in [-0.25, -0.2) is 8.78 Å². The third-order valence-electron chi connectivity index (χ3n) is 2.97. The summed E-state index contributed by atoms with van der Waals surface area (Å²) in [5, 5.41) is 0. The molecule has 1 aromatic carbocycles. The summed E-state index contributed by atoms with van der Waals surface area (Å²) in [6.07, 6.45) is -0.121. The van der Waals surface area contributed by atoms with E-state index in [1.807, 2.05) is 18.2 Å². The molecule has 0 bridgehead atoms. The first kappa shape index (κ1) is 10.6. The number of nitrogens with two attached hydrogens (primary N) is 1. The SMILES string of the molecule is NCC(c1ccccc1C1CC1)C(F)F. The van der Waals surface area contributed by atoms with Gasteiger partial charge in [-0.15, -0.1) is 0 Å². The van der Waals surface area contributed by atoms with Crippen molar-refractivity contribution in [1.29, 1.82) is 0 Å². The van der Waals surface area contributed by atoms with Crippen LogP contribution in [0.1, 0.15) is 35.8 Å². The van der Waals surface area contributed by atoms with Gasteiger partial charge in [-0.1, -0.05) is 24.3 Å². The molecule has 3 heteroatoms. The summed E-state index contributed by atoms with van der Waals surface area (Å²) in [6, 6.07) is 7.47. The molecule has 1 saturated carbocycles. The van der Waals surface area contributed by atoms with Crippen molar-refractivity contribution >= 4 is 0 Å². The molecule has 0 radical (unpaired) electrons. The van der Waals surface area contributed by atoms with E-state index in [1.54, 1.807) is 6.07 Å². The van der Waals surface area contributed by atoms with E-state index >= 15 is 0 Å². The summed E-state index contributed by atoms with van der Waals surface area (Å²) in [4.78, 5) is 0. The van der Waals surface area contributed by atoms with Gasteiger partial charge in [-0.05, 0) is 29.9 Å². The van der Waals surface area contributed by atoms with Crippen molar-refractivity contribution < 1.29 is 8.78 Å². The lowest BCUT2D eigenvalue weighted by atomic mass is 9.92. The number of halogens is 2. The van der Waals surface area contributed by atoms with Crippen molar-refractivity contribution in [2.75, 3.05) is 6.54 Å². The van der Waals surface area contributed by atoms with Crippen molar-refractivity contribution in [2.45, 2.75) is 31.1 Å². The Balaban J connectivity index is 2.32. The van der Waals surface area contributed by atoms with Crippen LogP contribution in [0.15, 0.2) is 24.3 Å². The molecule has 0 aromatic heterocycles. The van der Waals surface area contributed by atoms with Gasteiger partial charge >= 0.3 is 0 Å². The molecule has 0 heterocycles. The molecule has 0 aliphatic heterocycles. The number of hydrogen-bond acceptors (Lipinski definition) is 1. The molecule has 1 aromatic rings. The largest absolute Gasteiger partial charge is 0.330 e. The minimum Gasteiger partial charge on any atom is -0.330 e. The molecule has 82 valence electrons. The highest BCUT2D eigenvalue weighted by Gasteiger charge is 2.30. The Labute approximate surface area is 88.3 Å². The third kappa shape index (κ3) is 2.17. The van der Waals surface area contributed by atoms with E-state index in [1.165, 1.54) is 0 Å². The van der Waals surface area contributed by atoms with E-state index in [0.717, 1.165) is 24.0 Å². The molecule has 0 amide bonds. The fraction of sp³-hybridized carbons (Fsp3) is 0.500. The normalized spacial score (nSPS) is 18.1. The van der Waals surface area contributed by atoms with Crippen LogP contribution in [0.4, 0.5) is 8.78 Å². The Morgan fingerprint density at radius 2 is 1.93 bits per heavy atom. The summed E-state index contributed by atoms with van der Waals surface area (Å²) < 4.78 is 25.5. The predicted molar refractivity (Wildman–Crippen MR) is 56.2 cm³/mol. The number of hydrogen-bond donors (Lipinski definition) is 1. The van der Waals surface area contributed by atoms with Crippen LogP contribution in [0, 0.1) is 0 Å². The standard InChI is InChI=1S/C12H15F2N/c13-12(14)11(7-15)10-4-2-1-3-9(10)8-5-6-8/h1-4,8,11-12H,5-7,15H2. The molecule has 1 aliphatic rings. The molecule has 0 spiro atoms. The summed E-state index contributed by atoms with van der Waals surface area (Å²) in [7, 11) is 0. The Hall–Kier alpha value is -0.960. The van der Waals surface area contributed by atoms with Crippen molar-refractivity contribution in [1.82, 2.24) is 0 Å². The van der Waals surface area contributed by atoms with E-state index < -0.39 is 12.3 Å². The van der Waals surface area contributed by atoms with Gasteiger partial charge in [-0.2, -0.15) is 0 Å². The lowest BCUT2D eigenvalue weighted by Crippen LogP contribution is -2.20. The fourth-order valence-corrected chi connectivity index (χ4v) is 1.98. The molecule has 1 atom stereocenters. The van der Waals surface area contributed by atoms with E-state index in [0.29, 0.717) is 5.92 Å². The van der Waals surface area contributed by atoms with Gasteiger partial charge in [0.1, 0.15) is 0 Å². The molecule has 1 aliphatic carbocycles. The smallest absolute Gasteiger partial charge is 0.246 e. The Bertz CT molecular complexity index is 334. The molecule has 2 N–H and O–H groups in total. The van der Waals surface area contributed by atoms with Crippen LogP contribution < -0.4 is 5.73 Å². The third-order valence-corrected chi connectivity index (χ3v) is 2.97. The molecular weight excluding hydrogens is 196 g/mol. The van der Waals surface area contributed by atoms with E-state index in [2.05, 4.69) is 0 Å². The number of rotatable bonds is 4. The van der Waals surface area contributed by atoms with E-state index in [4.69, 9.17) is 5.73 Å². The summed E-state index contributed by atoms with van der Waals surface area (Å²) >= 11 is 0. The minimum atomic E-state index is -2.37. The van der Waals surface area contributed by atoms with E-state index in [9.17, 15) is 8.78 Å². The van der Waals surface area contributed by atoms with Crippen molar-refractivity contribution in [3.05, 3.63) is 35.4 Å². The average molecular weight is 211 g/mol. The van der Waals surface area contributed by atoms with Gasteiger partial charge in [0.05, 0.1) is 5.92 Å². The van der Waals surface area contributed by atoms with Crippen LogP contribution in [0.3, 0.4) is 0 Å². The highest BCUT2D eigenvalue weighted by atomic mass is 19.3. The van der Waals surface area contributed by atoms with Crippen LogP contribution in [0.2, 0.25) is 0 Å². The second-order valence-electron chi connectivity index (χ2n) is 4.08. The zero-order valence-electron chi connectivity index (χ0n) is 8.50. The zero-order chi connectivity index (χ0) is 10.8. The summed E-state index contributed by atoms with van der Waals surface area (Å²) in [5.41, 5.74) is 7.24. The van der Waals surface area contributed by atoms with Gasteiger partial charge in [0.25, 0.3) is 0 Å². The minimum absolute atomic E-state index is 0.0153. The first-order chi connectivity index (χ1) is 7.24. The first-order valence-electron chi connectivity index (χ1n) is 5.31. The van der Waals surface area contributed by atoms with Crippen LogP contribution >= 0.6 is 0 Å². The second kappa shape index (κ2) is 4.27. The lowest BCUT2D eigenvalue weighted by Gasteiger charge is -2.17. The van der Waals surface area contributed by atoms with Crippen LogP contribution in [0.5, 0.6) is 0 Å². The second-order valence-corrected chi connectivity index (χ2v) is 4.08. The first-order valence-corrected chi connectivity index (χ1v) is 5.31. The lowest BCUT2D eigenvalue weighted by molar-refractivity contribution is 0.116. The Morgan fingerprint density at radius 1 is 1.27 bits per heavy atom. The molecule has 1 fully saturated rings. The fourth-order valence-electron chi connectivity index (χ4n) is 1.98. The van der Waals surface area contributed by atoms with Crippen LogP contribution in [0.25, 0.3) is 0 Å². The topological polar surface area (TPSA) is 26.0 Å². The molecule has 1 nitrogen and oxygen atoms in total. The molecule has 0 saturated heterocycles. The summed E-state index contributed by atoms with van der Waals surface area (Å²) in [6.45, 7) is 0.0153. The zero-order valence-corrected chi connectivity index (χ0v) is 8.50. The molecule has 2 rings (SSSR count). The Kier molecular flexibility index (Phi) is 3.00. The number of benzene rings is 1. The van der Waals surface area contributed by atoms with Gasteiger partial charge in [0.2, 0.25) is 6.43 Å². The highest BCUT2D eigenvalue weighted by Crippen LogP contribution is 2.43. The van der Waals surface area contributed by atoms with Crippen LogP contribution in [-0.2, 0) is 0 Å². The Morgan fingerprint density at radius 3 is 2.47 bits per heavy atom. The van der Waals surface area contributed by atoms with Gasteiger partial charge in [0, 0.05) is 6.54 Å². The predicted octanol–water partition coefficient (Wildman–Crippen LogP) is 2.87. The monoisotopic (exact) mass is 211 g/mol. The maximum Gasteiger partial charge on any atom is 0.246 e. The number of alkyl halides is 2. The van der Waals surface area contributed by atoms with Gasteiger partial charge in [0.15, 0.2) is 0 Å². The average Bonchev–Trinajstić information content (AvgIpc) is 3.02. The highest BCUT2D eigenvalue weighted by molar-refractivity contribution is 5.36. The van der Waals surface area contributed by atoms with Crippen LogP contribution in [-0.4, -0.2) is 13.0 Å². The summed E-state index contributed by atoms with van der Waals surface area (Å²) in [5.74, 6) is -0.309. The quantitative estimate of drug-likeness (QED) is 0.814. The van der Waals surface area contributed by atoms with Gasteiger partial charge in [-0.3, -0.25) is 0 Å². The molecule has 1 unspecified atom stereocenters. The van der Waals surface area contributed by atoms with E-state index in [-0.39, 0.29) is 6.54 Å².